The van der Waals surface area contributed by atoms with Crippen LogP contribution in [0.25, 0.3) is 95.9 Å². The SMILES string of the molecule is CCOc1cccc2nccn12.CCc1ccc(-c2cn3cc(Cc4ccccc4)ccc3n2)cc1.CCc1ccn2c(C)c(C)nc2c1.CCc1ccn2cc(C)nc2c1.CCc1cn2c(C)c(C)c(C)cc2n1.CCc1cn2ccc(OC)cc2n1.COc1ccc2nc(-c3ccc(C)cc3)cn2c1.COc1ccn2cc(-c3ccc(F)cc3)nc2c1.COc1cn2cc(-c3cc(C)cc(C)c3)nc2cc1C. The third kappa shape index (κ3) is 25.3. The van der Waals surface area contributed by atoms with E-state index in [0.29, 0.717) is 6.61 Å². The van der Waals surface area contributed by atoms with Crippen molar-refractivity contribution in [3.05, 3.63) is 425 Å². The van der Waals surface area contributed by atoms with Gasteiger partial charge in [0.25, 0.3) is 0 Å². The van der Waals surface area contributed by atoms with Crippen molar-refractivity contribution >= 4 is 50.8 Å². The Morgan fingerprint density at radius 3 is 1.42 bits per heavy atom. The van der Waals surface area contributed by atoms with Crippen LogP contribution in [-0.2, 0) is 38.5 Å². The van der Waals surface area contributed by atoms with Gasteiger partial charge in [0.2, 0.25) is 0 Å². The maximum atomic E-state index is 12.9. The lowest BCUT2D eigenvalue weighted by atomic mass is 10.1. The summed E-state index contributed by atoms with van der Waals surface area (Å²) >= 11 is 0. The first-order valence-corrected chi connectivity index (χ1v) is 48.8. The molecule has 0 aliphatic carbocycles. The molecule has 0 N–H and O–H groups in total. The van der Waals surface area contributed by atoms with E-state index in [9.17, 15) is 4.39 Å². The number of halogens is 1. The van der Waals surface area contributed by atoms with Gasteiger partial charge in [-0.25, -0.2) is 49.2 Å². The number of hydrogen-bond acceptors (Lipinski definition) is 14. The number of imidazole rings is 9. The van der Waals surface area contributed by atoms with E-state index >= 15 is 0 Å². The zero-order valence-corrected chi connectivity index (χ0v) is 86.0. The molecule has 0 radical (unpaired) electrons. The van der Waals surface area contributed by atoms with Crippen LogP contribution in [0.5, 0.6) is 28.9 Å². The van der Waals surface area contributed by atoms with Gasteiger partial charge in [0.15, 0.2) is 5.88 Å². The zero-order chi connectivity index (χ0) is 102. The number of aryl methyl sites for hydroxylation is 14. The van der Waals surface area contributed by atoms with E-state index in [-0.39, 0.29) is 5.82 Å². The molecule has 24 heteroatoms. The summed E-state index contributed by atoms with van der Waals surface area (Å²) in [6.07, 6.45) is 38.1. The number of pyridine rings is 9. The van der Waals surface area contributed by atoms with Gasteiger partial charge < -0.3 is 58.9 Å². The smallest absolute Gasteiger partial charge is 0.199 e. The largest absolute Gasteiger partial charge is 0.497 e. The number of methoxy groups -OCH3 is 4. The lowest BCUT2D eigenvalue weighted by molar-refractivity contribution is 0.322. The van der Waals surface area contributed by atoms with Crippen LogP contribution in [0.3, 0.4) is 0 Å². The van der Waals surface area contributed by atoms with Crippen molar-refractivity contribution in [2.75, 3.05) is 35.0 Å². The van der Waals surface area contributed by atoms with E-state index in [2.05, 4.69) is 306 Å². The molecule has 0 amide bonds. The average Bonchev–Trinajstić information content (AvgIpc) is 1.65. The first-order valence-electron chi connectivity index (χ1n) is 48.8. The average molecular weight is 1920 g/mol. The second-order valence-corrected chi connectivity index (χ2v) is 35.4. The molecule has 0 saturated heterocycles. The maximum Gasteiger partial charge on any atom is 0.199 e. The number of benzene rings is 5. The number of hydrogen-bond donors (Lipinski definition) is 0. The van der Waals surface area contributed by atoms with Gasteiger partial charge in [-0.2, -0.15) is 0 Å². The Morgan fingerprint density at radius 1 is 0.292 bits per heavy atom. The molecule has 0 fully saturated rings. The number of nitrogens with zero attached hydrogens (tertiary/aromatic N) is 18. The highest BCUT2D eigenvalue weighted by molar-refractivity contribution is 5.68. The fraction of sp³-hybridized carbons (Fsp3) is 0.225. The van der Waals surface area contributed by atoms with Crippen molar-refractivity contribution < 1.29 is 28.1 Å². The highest BCUT2D eigenvalue weighted by Gasteiger charge is 2.15. The predicted molar refractivity (Wildman–Crippen MR) is 579 cm³/mol. The number of aromatic nitrogens is 18. The lowest BCUT2D eigenvalue weighted by Crippen LogP contribution is -1.97. The molecule has 144 heavy (non-hydrogen) atoms. The van der Waals surface area contributed by atoms with Gasteiger partial charge in [-0.05, 0) is 274 Å². The highest BCUT2D eigenvalue weighted by atomic mass is 19.1. The van der Waals surface area contributed by atoms with Gasteiger partial charge in [0.1, 0.15) is 79.6 Å². The fourth-order valence-electron chi connectivity index (χ4n) is 16.6. The summed E-state index contributed by atoms with van der Waals surface area (Å²) in [7, 11) is 6.64. The normalized spacial score (nSPS) is 10.9. The topological polar surface area (TPSA) is 202 Å². The van der Waals surface area contributed by atoms with Crippen molar-refractivity contribution in [2.45, 2.75) is 149 Å². The van der Waals surface area contributed by atoms with Crippen LogP contribution in [0, 0.1) is 75.1 Å². The first-order chi connectivity index (χ1) is 69.8. The Kier molecular flexibility index (Phi) is 33.5. The molecular weight excluding hydrogens is 1790 g/mol. The zero-order valence-electron chi connectivity index (χ0n) is 86.0. The van der Waals surface area contributed by atoms with Crippen LogP contribution in [0.15, 0.2) is 324 Å². The van der Waals surface area contributed by atoms with Gasteiger partial charge in [-0.15, -0.1) is 0 Å². The molecule has 23 aromatic rings. The molecule has 0 aliphatic rings. The fourth-order valence-corrected chi connectivity index (χ4v) is 16.6. The van der Waals surface area contributed by atoms with Crippen molar-refractivity contribution in [2.24, 2.45) is 0 Å². The van der Waals surface area contributed by atoms with Gasteiger partial charge in [-0.3, -0.25) is 4.40 Å². The Labute approximate surface area is 841 Å². The molecule has 18 heterocycles. The second-order valence-electron chi connectivity index (χ2n) is 35.4. The van der Waals surface area contributed by atoms with Gasteiger partial charge in [-0.1, -0.05) is 148 Å². The van der Waals surface area contributed by atoms with Crippen LogP contribution < -0.4 is 23.7 Å². The minimum absolute atomic E-state index is 0.246. The summed E-state index contributed by atoms with van der Waals surface area (Å²) < 4.78 is 57.4. The molecule has 0 bridgehead atoms. The molecule has 0 spiro atoms. The monoisotopic (exact) mass is 1920 g/mol. The summed E-state index contributed by atoms with van der Waals surface area (Å²) in [5, 5.41) is 0. The molecule has 0 unspecified atom stereocenters. The van der Waals surface area contributed by atoms with E-state index < -0.39 is 0 Å². The number of rotatable bonds is 17. The summed E-state index contributed by atoms with van der Waals surface area (Å²) in [4.78, 5) is 40.5. The Hall–Kier alpha value is -16.8. The first kappa shape index (κ1) is 102. The van der Waals surface area contributed by atoms with Crippen LogP contribution in [0.2, 0.25) is 0 Å². The van der Waals surface area contributed by atoms with Crippen LogP contribution in [0.4, 0.5) is 4.39 Å². The van der Waals surface area contributed by atoms with Crippen molar-refractivity contribution in [1.29, 1.82) is 0 Å². The Balaban J connectivity index is 0.000000123. The predicted octanol–water partition coefficient (Wildman–Crippen LogP) is 26.7. The van der Waals surface area contributed by atoms with E-state index in [0.717, 1.165) is 186 Å². The molecule has 18 aromatic heterocycles. The minimum Gasteiger partial charge on any atom is -0.497 e. The maximum absolute atomic E-state index is 12.9. The summed E-state index contributed by atoms with van der Waals surface area (Å²) in [5.74, 6) is 3.91. The number of ether oxygens (including phenoxy) is 5. The van der Waals surface area contributed by atoms with Crippen molar-refractivity contribution in [3.8, 4) is 73.9 Å². The Morgan fingerprint density at radius 2 is 0.799 bits per heavy atom. The highest BCUT2D eigenvalue weighted by Crippen LogP contribution is 2.30. The molecule has 734 valence electrons. The minimum atomic E-state index is -0.246. The summed E-state index contributed by atoms with van der Waals surface area (Å²) in [6, 6.07) is 74.7. The number of fused-ring (bicyclic) bond motifs is 9. The quantitative estimate of drug-likeness (QED) is 0.0833. The van der Waals surface area contributed by atoms with Gasteiger partial charge in [0.05, 0.1) is 93.0 Å². The van der Waals surface area contributed by atoms with E-state index in [4.69, 9.17) is 33.7 Å². The molecule has 0 saturated carbocycles. The molecule has 23 nitrogen and oxygen atoms in total. The van der Waals surface area contributed by atoms with E-state index in [1.807, 2.05) is 172 Å². The van der Waals surface area contributed by atoms with Crippen LogP contribution in [-0.4, -0.2) is 120 Å². The standard InChI is InChI=1S/C22H20N2.C17H18N2O.C15H14N2O.C14H11FN2O.C12H16N2.C11H14N2.C10H12N2O.C10H12N2.C9H10N2O/c1-2-17-8-11-20(12-9-17)21-16-24-15-19(10-13-22(24)23-21)14-18-6-4-3-5-7-18;1-11-5-12(2)7-14(6-11)15-9-19-10-16(20-4)13(3)8-17(19)18-15;1-11-3-5-12(6-4-11)14-10-17-9-13(18-2)7-8-15(17)16-14;1-18-12-6-7-17-9-13(16-14(17)8-12)10-2-4-11(15)5-3-10;1-5-11-7-14-10(4)9(3)8(2)6-12(14)13-11;1-4-10-5-6-13-9(3)8(2)12-11(13)7-10;1-3-8-7-12-5-4-9(13-2)6-10(12)11-8;1-3-9-4-5-12-7-8(2)11-10(12)6-9;1-2-12-9-5-3-4-8-10-6-7-11(8)9/h3-13,15-16H,2,14H2,1H3;5-10H,1-4H3;3-10H,1-2H3;2-9H,1H3;6-7H,5H2,1-4H3;5-7H,4H2,1-3H3;4-7H,3H2,1-2H3;4-7H,3H2,1-2H3;3-7H,2H2,1H3. The third-order valence-electron chi connectivity index (χ3n) is 25.1. The van der Waals surface area contributed by atoms with E-state index in [1.54, 1.807) is 46.8 Å². The van der Waals surface area contributed by atoms with Crippen molar-refractivity contribution in [3.63, 3.8) is 0 Å². The van der Waals surface area contributed by atoms with Crippen molar-refractivity contribution in [1.82, 2.24) is 84.5 Å². The molecule has 0 atom stereocenters. The third-order valence-corrected chi connectivity index (χ3v) is 25.1. The van der Waals surface area contributed by atoms with Gasteiger partial charge >= 0.3 is 0 Å². The van der Waals surface area contributed by atoms with Crippen LogP contribution >= 0.6 is 0 Å². The lowest BCUT2D eigenvalue weighted by Gasteiger charge is -2.06. The van der Waals surface area contributed by atoms with Gasteiger partial charge in [0, 0.05) is 133 Å². The molecule has 5 aromatic carbocycles. The second kappa shape index (κ2) is 47.5. The van der Waals surface area contributed by atoms with Crippen LogP contribution in [0.1, 0.15) is 137 Å². The molecule has 23 rings (SSSR count). The summed E-state index contributed by atoms with van der Waals surface area (Å²) in [5.41, 5.74) is 38.0. The van der Waals surface area contributed by atoms with E-state index in [1.165, 1.54) is 84.7 Å². The summed E-state index contributed by atoms with van der Waals surface area (Å²) in [6.45, 7) is 34.3. The molecule has 0 aliphatic heterocycles. The Bertz CT molecular complexity index is 8090. The molecular formula is C120H127FN18O5.